The molecule has 0 saturated carbocycles. The molecule has 3 rings (SSSR count). The lowest BCUT2D eigenvalue weighted by Crippen LogP contribution is -2.23. The highest BCUT2D eigenvalue weighted by atomic mass is 16.5. The van der Waals surface area contributed by atoms with Crippen LogP contribution in [0.5, 0.6) is 11.5 Å². The number of carbonyl (C=O) groups excluding carboxylic acids is 3. The van der Waals surface area contributed by atoms with Crippen molar-refractivity contribution in [3.8, 4) is 11.5 Å². The van der Waals surface area contributed by atoms with Gasteiger partial charge in [-0.1, -0.05) is 0 Å². The van der Waals surface area contributed by atoms with Crippen LogP contribution in [0.2, 0.25) is 0 Å². The van der Waals surface area contributed by atoms with Gasteiger partial charge in [0.15, 0.2) is 18.1 Å². The number of hydrogen-bond acceptors (Lipinski definition) is 5. The molecule has 1 heterocycles. The van der Waals surface area contributed by atoms with E-state index in [1.165, 1.54) is 13.2 Å². The van der Waals surface area contributed by atoms with E-state index in [9.17, 15) is 14.4 Å². The fraction of sp³-hybridized carbons (Fsp3) is 0.250. The number of nitrogens with two attached hydrogens (primary N) is 1. The molecule has 8 heteroatoms. The molecule has 3 amide bonds. The Morgan fingerprint density at radius 2 is 1.89 bits per heavy atom. The van der Waals surface area contributed by atoms with Gasteiger partial charge in [0.25, 0.3) is 11.8 Å². The van der Waals surface area contributed by atoms with E-state index in [-0.39, 0.29) is 18.4 Å². The molecule has 2 aromatic rings. The van der Waals surface area contributed by atoms with Crippen molar-refractivity contribution < 1.29 is 23.9 Å². The third-order valence-electron chi connectivity index (χ3n) is 4.31. The first-order chi connectivity index (χ1) is 13.5. The Bertz CT molecular complexity index is 895. The summed E-state index contributed by atoms with van der Waals surface area (Å²) in [5, 5.41) is 2.80. The first-order valence-corrected chi connectivity index (χ1v) is 8.79. The van der Waals surface area contributed by atoms with E-state index >= 15 is 0 Å². The summed E-state index contributed by atoms with van der Waals surface area (Å²) in [7, 11) is 1.44. The number of methoxy groups -OCH3 is 1. The van der Waals surface area contributed by atoms with Gasteiger partial charge in [0, 0.05) is 29.9 Å². The van der Waals surface area contributed by atoms with Crippen molar-refractivity contribution in [1.82, 2.24) is 0 Å². The summed E-state index contributed by atoms with van der Waals surface area (Å²) in [4.78, 5) is 36.9. The number of hydrogen-bond donors (Lipinski definition) is 2. The van der Waals surface area contributed by atoms with Gasteiger partial charge in [-0.05, 0) is 48.9 Å². The number of amides is 3. The highest BCUT2D eigenvalue weighted by molar-refractivity contribution is 6.05. The van der Waals surface area contributed by atoms with Gasteiger partial charge in [0.1, 0.15) is 0 Å². The zero-order valence-corrected chi connectivity index (χ0v) is 15.4. The number of nitrogens with zero attached hydrogens (tertiary/aromatic N) is 1. The minimum Gasteiger partial charge on any atom is -0.493 e. The van der Waals surface area contributed by atoms with Crippen LogP contribution in [0.25, 0.3) is 0 Å². The number of rotatable bonds is 7. The Hall–Kier alpha value is -3.55. The highest BCUT2D eigenvalue weighted by Gasteiger charge is 2.21. The van der Waals surface area contributed by atoms with Gasteiger partial charge >= 0.3 is 0 Å². The maximum Gasteiger partial charge on any atom is 0.255 e. The normalized spacial score (nSPS) is 13.3. The molecule has 1 aliphatic rings. The molecule has 3 N–H and O–H groups in total. The van der Waals surface area contributed by atoms with Crippen molar-refractivity contribution in [3.63, 3.8) is 0 Å². The number of benzene rings is 2. The van der Waals surface area contributed by atoms with Crippen molar-refractivity contribution in [2.75, 3.05) is 30.5 Å². The summed E-state index contributed by atoms with van der Waals surface area (Å²) in [6.45, 7) is 0.433. The minimum atomic E-state index is -0.608. The molecule has 1 fully saturated rings. The number of anilines is 2. The molecule has 146 valence electrons. The quantitative estimate of drug-likeness (QED) is 0.759. The molecule has 0 aliphatic carbocycles. The Balaban J connectivity index is 1.68. The highest BCUT2D eigenvalue weighted by Crippen LogP contribution is 2.29. The summed E-state index contributed by atoms with van der Waals surface area (Å²) in [6.07, 6.45) is 1.43. The Morgan fingerprint density at radius 3 is 2.50 bits per heavy atom. The SMILES string of the molecule is COc1cc(C(=O)Nc2ccc(N3CCCC3=O)cc2)ccc1OCC(N)=O. The van der Waals surface area contributed by atoms with E-state index in [1.54, 1.807) is 41.3 Å². The monoisotopic (exact) mass is 383 g/mol. The van der Waals surface area contributed by atoms with Crippen LogP contribution in [0.1, 0.15) is 23.2 Å². The van der Waals surface area contributed by atoms with Crippen LogP contribution in [0.3, 0.4) is 0 Å². The topological polar surface area (TPSA) is 111 Å². The average Bonchev–Trinajstić information content (AvgIpc) is 3.12. The maximum absolute atomic E-state index is 12.5. The van der Waals surface area contributed by atoms with Gasteiger partial charge in [-0.15, -0.1) is 0 Å². The lowest BCUT2D eigenvalue weighted by atomic mass is 10.1. The summed E-state index contributed by atoms with van der Waals surface area (Å²) in [5.41, 5.74) is 6.85. The van der Waals surface area contributed by atoms with E-state index in [0.717, 1.165) is 12.1 Å². The molecule has 0 radical (unpaired) electrons. The second-order valence-electron chi connectivity index (χ2n) is 6.27. The molecule has 28 heavy (non-hydrogen) atoms. The summed E-state index contributed by atoms with van der Waals surface area (Å²) >= 11 is 0. The molecule has 0 aromatic heterocycles. The van der Waals surface area contributed by atoms with Crippen LogP contribution in [0.4, 0.5) is 11.4 Å². The number of ether oxygens (including phenoxy) is 2. The minimum absolute atomic E-state index is 0.113. The van der Waals surface area contributed by atoms with E-state index in [4.69, 9.17) is 15.2 Å². The first kappa shape index (κ1) is 19.2. The molecule has 1 aliphatic heterocycles. The number of carbonyl (C=O) groups is 3. The Labute approximate surface area is 162 Å². The maximum atomic E-state index is 12.5. The molecule has 1 saturated heterocycles. The molecule has 0 atom stereocenters. The van der Waals surface area contributed by atoms with Gasteiger partial charge in [-0.25, -0.2) is 0 Å². The van der Waals surface area contributed by atoms with Crippen molar-refractivity contribution in [2.24, 2.45) is 5.73 Å². The van der Waals surface area contributed by atoms with E-state index < -0.39 is 5.91 Å². The molecular weight excluding hydrogens is 362 g/mol. The second kappa shape index (κ2) is 8.43. The van der Waals surface area contributed by atoms with Gasteiger partial charge < -0.3 is 25.4 Å². The average molecular weight is 383 g/mol. The first-order valence-electron chi connectivity index (χ1n) is 8.79. The zero-order chi connectivity index (χ0) is 20.1. The predicted molar refractivity (Wildman–Crippen MR) is 104 cm³/mol. The number of primary amides is 1. The van der Waals surface area contributed by atoms with Crippen LogP contribution in [-0.2, 0) is 9.59 Å². The van der Waals surface area contributed by atoms with Crippen molar-refractivity contribution in [2.45, 2.75) is 12.8 Å². The fourth-order valence-electron chi connectivity index (χ4n) is 2.93. The molecule has 0 unspecified atom stereocenters. The van der Waals surface area contributed by atoms with Crippen molar-refractivity contribution in [3.05, 3.63) is 48.0 Å². The van der Waals surface area contributed by atoms with Crippen molar-refractivity contribution in [1.29, 1.82) is 0 Å². The fourth-order valence-corrected chi connectivity index (χ4v) is 2.93. The van der Waals surface area contributed by atoms with Crippen molar-refractivity contribution >= 4 is 29.1 Å². The van der Waals surface area contributed by atoms with E-state index in [1.807, 2.05) is 0 Å². The smallest absolute Gasteiger partial charge is 0.255 e. The Morgan fingerprint density at radius 1 is 1.14 bits per heavy atom. The second-order valence-corrected chi connectivity index (χ2v) is 6.27. The summed E-state index contributed by atoms with van der Waals surface area (Å²) in [5.74, 6) is -0.190. The molecule has 0 bridgehead atoms. The lowest BCUT2D eigenvalue weighted by molar-refractivity contribution is -0.120. The molecule has 8 nitrogen and oxygen atoms in total. The lowest BCUT2D eigenvalue weighted by Gasteiger charge is -2.16. The van der Waals surface area contributed by atoms with E-state index in [0.29, 0.717) is 35.7 Å². The van der Waals surface area contributed by atoms with Crippen LogP contribution in [-0.4, -0.2) is 38.0 Å². The largest absolute Gasteiger partial charge is 0.493 e. The molecule has 2 aromatic carbocycles. The zero-order valence-electron chi connectivity index (χ0n) is 15.4. The van der Waals surface area contributed by atoms with Crippen LogP contribution >= 0.6 is 0 Å². The van der Waals surface area contributed by atoms with Crippen LogP contribution in [0, 0.1) is 0 Å². The third-order valence-corrected chi connectivity index (χ3v) is 4.31. The van der Waals surface area contributed by atoms with Gasteiger partial charge in [0.2, 0.25) is 5.91 Å². The predicted octanol–water partition coefficient (Wildman–Crippen LogP) is 1.94. The van der Waals surface area contributed by atoms with Gasteiger partial charge in [-0.3, -0.25) is 14.4 Å². The summed E-state index contributed by atoms with van der Waals surface area (Å²) < 4.78 is 10.5. The van der Waals surface area contributed by atoms with Gasteiger partial charge in [-0.2, -0.15) is 0 Å². The van der Waals surface area contributed by atoms with Gasteiger partial charge in [0.05, 0.1) is 7.11 Å². The third kappa shape index (κ3) is 4.40. The Kier molecular flexibility index (Phi) is 5.78. The summed E-state index contributed by atoms with van der Waals surface area (Å²) in [6, 6.07) is 11.7. The van der Waals surface area contributed by atoms with E-state index in [2.05, 4.69) is 5.32 Å². The number of nitrogens with one attached hydrogen (secondary N) is 1. The molecule has 0 spiro atoms. The van der Waals surface area contributed by atoms with Crippen LogP contribution in [0.15, 0.2) is 42.5 Å². The molecular formula is C20H21N3O5. The van der Waals surface area contributed by atoms with Crippen LogP contribution < -0.4 is 25.4 Å². The standard InChI is InChI=1S/C20H21N3O5/c1-27-17-11-13(4-9-16(17)28-12-18(21)24)20(26)22-14-5-7-15(8-6-14)23-10-2-3-19(23)25/h4-9,11H,2-3,10,12H2,1H3,(H2,21,24)(H,22,26).